The Hall–Kier alpha value is -0.260. The van der Waals surface area contributed by atoms with Crippen molar-refractivity contribution < 1.29 is 0 Å². The van der Waals surface area contributed by atoms with Gasteiger partial charge in [0.2, 0.25) is 0 Å². The number of allylic oxidation sites excluding steroid dienone is 2. The van der Waals surface area contributed by atoms with E-state index < -0.39 is 0 Å². The highest BCUT2D eigenvalue weighted by Crippen LogP contribution is 2.53. The fraction of sp³-hybridized carbons (Fsp3) is 0.500. The minimum absolute atomic E-state index is 1.04. The average Bonchev–Trinajstić information content (AvgIpc) is 1.36. The van der Waals surface area contributed by atoms with Crippen LogP contribution in [0.1, 0.15) is 6.42 Å². The maximum Gasteiger partial charge on any atom is 0.00176 e. The molecular weight excluding hydrogens is 48.0 g/mol. The number of fused-ring (bicyclic) bond motifs is 1. The monoisotopic (exact) mass is 52.0 g/mol. The van der Waals surface area contributed by atoms with Crippen LogP contribution < -0.4 is 0 Å². The molecule has 20 valence electrons. The Balaban J connectivity index is 2.85. The minimum Gasteiger partial charge on any atom is -0.0772 e. The van der Waals surface area contributed by atoms with Crippen molar-refractivity contribution in [1.82, 2.24) is 0 Å². The van der Waals surface area contributed by atoms with Crippen LogP contribution in [0.5, 0.6) is 0 Å². The summed E-state index contributed by atoms with van der Waals surface area (Å²) >= 11 is 0. The van der Waals surface area contributed by atoms with Crippen molar-refractivity contribution in [3.8, 4) is 0 Å². The topological polar surface area (TPSA) is 0 Å². The van der Waals surface area contributed by atoms with E-state index in [2.05, 4.69) is 6.08 Å². The van der Waals surface area contributed by atoms with Crippen LogP contribution in [-0.4, -0.2) is 0 Å². The van der Waals surface area contributed by atoms with Gasteiger partial charge in [-0.05, 0) is 6.42 Å². The lowest BCUT2D eigenvalue weighted by atomic mass is 10.6. The average molecular weight is 52.1 g/mol. The van der Waals surface area contributed by atoms with Crippen molar-refractivity contribution in [2.24, 2.45) is 5.92 Å². The number of hydrogen-bond acceptors (Lipinski definition) is 0. The molecule has 0 heterocycles. The van der Waals surface area contributed by atoms with Gasteiger partial charge in [0.25, 0.3) is 0 Å². The van der Waals surface area contributed by atoms with Crippen LogP contribution in [0, 0.1) is 5.92 Å². The SMILES string of the molecule is C1=C2C[C@H]12. The molecule has 0 bridgehead atoms. The molecule has 1 saturated carbocycles. The molecule has 0 spiro atoms. The van der Waals surface area contributed by atoms with Crippen LogP contribution >= 0.6 is 0 Å². The standard InChI is InChI=1S/C4H4/c1-3-2-4(1)3/h1,3H,2H2/t3-/m0/s1. The zero-order valence-electron chi connectivity index (χ0n) is 2.36. The summed E-state index contributed by atoms with van der Waals surface area (Å²) in [6.45, 7) is 0. The molecule has 1 fully saturated rings. The van der Waals surface area contributed by atoms with Gasteiger partial charge in [0, 0.05) is 5.92 Å². The normalized spacial score (nSPS) is 46.0. The molecule has 0 N–H and O–H groups in total. The summed E-state index contributed by atoms with van der Waals surface area (Å²) < 4.78 is 0. The molecule has 2 aliphatic rings. The lowest BCUT2D eigenvalue weighted by Crippen LogP contribution is -1.36. The van der Waals surface area contributed by atoms with Crippen molar-refractivity contribution >= 4 is 0 Å². The van der Waals surface area contributed by atoms with Crippen LogP contribution in [0.25, 0.3) is 0 Å². The van der Waals surface area contributed by atoms with Crippen molar-refractivity contribution in [1.29, 1.82) is 0 Å². The third-order valence-corrected chi connectivity index (χ3v) is 1.08. The lowest BCUT2D eigenvalue weighted by Gasteiger charge is -1.48. The van der Waals surface area contributed by atoms with E-state index >= 15 is 0 Å². The second-order valence-electron chi connectivity index (χ2n) is 1.55. The Morgan fingerprint density at radius 3 is 2.25 bits per heavy atom. The van der Waals surface area contributed by atoms with Crippen LogP contribution in [0.2, 0.25) is 0 Å². The first-order chi connectivity index (χ1) is 1.97. The molecule has 0 aromatic carbocycles. The van der Waals surface area contributed by atoms with Crippen LogP contribution in [0.3, 0.4) is 0 Å². The minimum atomic E-state index is 1.04. The van der Waals surface area contributed by atoms with Gasteiger partial charge in [-0.25, -0.2) is 0 Å². The maximum atomic E-state index is 2.31. The predicted molar refractivity (Wildman–Crippen MR) is 16.2 cm³/mol. The molecule has 0 radical (unpaired) electrons. The van der Waals surface area contributed by atoms with Gasteiger partial charge in [-0.1, -0.05) is 11.6 Å². The molecule has 0 aromatic heterocycles. The van der Waals surface area contributed by atoms with E-state index in [1.54, 1.807) is 5.57 Å². The lowest BCUT2D eigenvalue weighted by molar-refractivity contribution is 1.22. The number of rotatable bonds is 0. The highest BCUT2D eigenvalue weighted by molar-refractivity contribution is 5.45. The zero-order valence-corrected chi connectivity index (χ0v) is 2.36. The molecule has 0 unspecified atom stereocenters. The summed E-state index contributed by atoms with van der Waals surface area (Å²) in [5.74, 6) is 1.04. The number of hydrogen-bond donors (Lipinski definition) is 0. The van der Waals surface area contributed by atoms with Crippen molar-refractivity contribution in [2.75, 3.05) is 0 Å². The van der Waals surface area contributed by atoms with Gasteiger partial charge in [-0.2, -0.15) is 0 Å². The molecule has 4 heavy (non-hydrogen) atoms. The summed E-state index contributed by atoms with van der Waals surface area (Å²) in [6, 6.07) is 0. The molecule has 0 aliphatic heterocycles. The zero-order chi connectivity index (χ0) is 2.57. The Kier molecular flexibility index (Phi) is 0.0433. The molecule has 0 amide bonds. The fourth-order valence-electron chi connectivity index (χ4n) is 0.372. The summed E-state index contributed by atoms with van der Waals surface area (Å²) in [6.07, 6.45) is 3.75. The Labute approximate surface area is 25.1 Å². The second-order valence-corrected chi connectivity index (χ2v) is 1.55. The van der Waals surface area contributed by atoms with Gasteiger partial charge in [0.15, 0.2) is 0 Å². The molecule has 1 atom stereocenters. The van der Waals surface area contributed by atoms with E-state index in [1.165, 1.54) is 6.42 Å². The molecule has 0 heteroatoms. The van der Waals surface area contributed by atoms with E-state index in [1.807, 2.05) is 0 Å². The Morgan fingerprint density at radius 2 is 2.25 bits per heavy atom. The summed E-state index contributed by atoms with van der Waals surface area (Å²) in [4.78, 5) is 0. The van der Waals surface area contributed by atoms with Gasteiger partial charge in [-0.3, -0.25) is 0 Å². The van der Waals surface area contributed by atoms with E-state index in [0.717, 1.165) is 5.92 Å². The van der Waals surface area contributed by atoms with E-state index in [9.17, 15) is 0 Å². The molecule has 2 rings (SSSR count). The van der Waals surface area contributed by atoms with Gasteiger partial charge in [0.05, 0.1) is 0 Å². The van der Waals surface area contributed by atoms with Crippen molar-refractivity contribution in [3.05, 3.63) is 11.6 Å². The molecule has 0 aromatic rings. The first-order valence-electron chi connectivity index (χ1n) is 1.67. The maximum absolute atomic E-state index is 2.31. The first-order valence-corrected chi connectivity index (χ1v) is 1.67. The second kappa shape index (κ2) is 0.138. The quantitative estimate of drug-likeness (QED) is 0.360. The van der Waals surface area contributed by atoms with Gasteiger partial charge in [0.1, 0.15) is 0 Å². The van der Waals surface area contributed by atoms with E-state index in [-0.39, 0.29) is 0 Å². The molecular formula is C4H4. The first kappa shape index (κ1) is 1.25. The van der Waals surface area contributed by atoms with Crippen LogP contribution in [-0.2, 0) is 0 Å². The largest absolute Gasteiger partial charge is 0.0772 e. The highest BCUT2D eigenvalue weighted by atomic mass is 14.4. The summed E-state index contributed by atoms with van der Waals surface area (Å²) in [7, 11) is 0. The van der Waals surface area contributed by atoms with Crippen LogP contribution in [0.4, 0.5) is 0 Å². The highest BCUT2D eigenvalue weighted by Gasteiger charge is 2.39. The molecule has 2 aliphatic carbocycles. The van der Waals surface area contributed by atoms with Crippen LogP contribution in [0.15, 0.2) is 11.6 Å². The molecule has 0 saturated heterocycles. The predicted octanol–water partition coefficient (Wildman–Crippen LogP) is 0.946. The van der Waals surface area contributed by atoms with Crippen molar-refractivity contribution in [3.63, 3.8) is 0 Å². The Morgan fingerprint density at radius 1 is 2.00 bits per heavy atom. The third kappa shape index (κ3) is 0.0159. The van der Waals surface area contributed by atoms with E-state index in [4.69, 9.17) is 0 Å². The van der Waals surface area contributed by atoms with E-state index in [0.29, 0.717) is 0 Å². The van der Waals surface area contributed by atoms with Gasteiger partial charge in [-0.15, -0.1) is 0 Å². The third-order valence-electron chi connectivity index (χ3n) is 1.08. The fourth-order valence-corrected chi connectivity index (χ4v) is 0.372. The molecule has 0 nitrogen and oxygen atoms in total. The smallest absolute Gasteiger partial charge is 0.00176 e. The van der Waals surface area contributed by atoms with Crippen molar-refractivity contribution in [2.45, 2.75) is 6.42 Å². The van der Waals surface area contributed by atoms with Gasteiger partial charge < -0.3 is 0 Å². The van der Waals surface area contributed by atoms with Gasteiger partial charge >= 0.3 is 0 Å². The summed E-state index contributed by atoms with van der Waals surface area (Å²) in [5.41, 5.74) is 1.71. The Bertz CT molecular complexity index is 80.0. The summed E-state index contributed by atoms with van der Waals surface area (Å²) in [5, 5.41) is 0.